The highest BCUT2D eigenvalue weighted by Crippen LogP contribution is 2.54. The number of aliphatic hydroxyl groups is 2. The summed E-state index contributed by atoms with van der Waals surface area (Å²) < 4.78 is 0. The first kappa shape index (κ1) is 27.6. The molecule has 208 valence electrons. The SMILES string of the molecule is C[C@H]1c2ccc(C=Cc3ccccc3)c(O)c2C(=O)C2C(=O)[C@]3(O)C(=O)C(C(N)=O)C(=O)[C@@H](N(C)C)[C@@H]3[C@@H](O)[C@@H]21. The molecular weight excluding hydrogens is 516 g/mol. The number of ketones is 4. The van der Waals surface area contributed by atoms with E-state index in [0.717, 1.165) is 5.56 Å². The Bertz CT molecular complexity index is 1480. The van der Waals surface area contributed by atoms with Crippen LogP contribution in [0.2, 0.25) is 0 Å². The molecule has 2 saturated carbocycles. The van der Waals surface area contributed by atoms with E-state index >= 15 is 0 Å². The van der Waals surface area contributed by atoms with Crippen molar-refractivity contribution in [1.82, 2.24) is 4.90 Å². The predicted molar refractivity (Wildman–Crippen MR) is 143 cm³/mol. The average molecular weight is 547 g/mol. The highest BCUT2D eigenvalue weighted by Gasteiger charge is 2.72. The number of nitrogens with two attached hydrogens (primary N) is 1. The Morgan fingerprint density at radius 1 is 1.00 bits per heavy atom. The molecule has 2 unspecified atom stereocenters. The maximum atomic E-state index is 14.0. The van der Waals surface area contributed by atoms with Crippen LogP contribution in [0.3, 0.4) is 0 Å². The molecule has 2 aromatic rings. The largest absolute Gasteiger partial charge is 0.507 e. The molecule has 0 aliphatic heterocycles. The second kappa shape index (κ2) is 9.58. The van der Waals surface area contributed by atoms with E-state index in [1.165, 1.54) is 19.0 Å². The van der Waals surface area contributed by atoms with Crippen LogP contribution in [0.15, 0.2) is 42.5 Å². The number of likely N-dealkylation sites (N-methyl/N-ethyl adjacent to an activating group) is 1. The van der Waals surface area contributed by atoms with Crippen LogP contribution in [0.1, 0.15) is 39.9 Å². The molecule has 0 saturated heterocycles. The molecule has 0 aromatic heterocycles. The fourth-order valence-electron chi connectivity index (χ4n) is 6.89. The van der Waals surface area contributed by atoms with Gasteiger partial charge in [0.15, 0.2) is 34.7 Å². The lowest BCUT2D eigenvalue weighted by molar-refractivity contribution is -0.196. The second-order valence-corrected chi connectivity index (χ2v) is 11.1. The Kier molecular flexibility index (Phi) is 6.60. The minimum atomic E-state index is -3.02. The Morgan fingerprint density at radius 3 is 2.25 bits per heavy atom. The molecule has 0 bridgehead atoms. The van der Waals surface area contributed by atoms with Gasteiger partial charge in [-0.05, 0) is 31.1 Å². The topological polar surface area (TPSA) is 175 Å². The maximum absolute atomic E-state index is 14.0. The number of rotatable bonds is 4. The number of amides is 1. The van der Waals surface area contributed by atoms with Crippen LogP contribution in [0.5, 0.6) is 5.75 Å². The predicted octanol–water partition coefficient (Wildman–Crippen LogP) is 0.569. The Balaban J connectivity index is 1.64. The van der Waals surface area contributed by atoms with Crippen LogP contribution in [0, 0.1) is 23.7 Å². The van der Waals surface area contributed by atoms with Crippen LogP contribution < -0.4 is 5.73 Å². The fraction of sp³-hybridized carbons (Fsp3) is 0.367. The van der Waals surface area contributed by atoms with Gasteiger partial charge in [-0.3, -0.25) is 28.9 Å². The van der Waals surface area contributed by atoms with Crippen molar-refractivity contribution in [2.24, 2.45) is 29.4 Å². The Labute approximate surface area is 230 Å². The number of hydrogen-bond acceptors (Lipinski definition) is 9. The molecule has 1 amide bonds. The van der Waals surface area contributed by atoms with Gasteiger partial charge >= 0.3 is 0 Å². The Morgan fingerprint density at radius 2 is 1.65 bits per heavy atom. The number of aliphatic hydroxyl groups excluding tert-OH is 1. The van der Waals surface area contributed by atoms with Crippen molar-refractivity contribution in [3.8, 4) is 5.75 Å². The van der Waals surface area contributed by atoms with Crippen LogP contribution in [-0.4, -0.2) is 81.1 Å². The number of phenols is 1. The third-order valence-electron chi connectivity index (χ3n) is 8.78. The van der Waals surface area contributed by atoms with Crippen molar-refractivity contribution in [3.05, 3.63) is 64.7 Å². The van der Waals surface area contributed by atoms with E-state index in [0.29, 0.717) is 11.1 Å². The molecule has 40 heavy (non-hydrogen) atoms. The first-order chi connectivity index (χ1) is 18.8. The molecule has 0 heterocycles. The molecule has 10 heteroatoms. The van der Waals surface area contributed by atoms with E-state index in [1.807, 2.05) is 30.3 Å². The number of carbonyl (C=O) groups is 5. The number of carbonyl (C=O) groups excluding carboxylic acids is 5. The van der Waals surface area contributed by atoms with Gasteiger partial charge in [-0.1, -0.05) is 61.5 Å². The van der Waals surface area contributed by atoms with Crippen LogP contribution >= 0.6 is 0 Å². The molecule has 3 aliphatic rings. The number of aromatic hydroxyl groups is 1. The standard InChI is InChI=1S/C30H30N2O8/c1-13-16-12-11-15(10-9-14-7-5-4-6-8-14)23(33)18(16)24(34)19-17(13)25(35)21-22(32(2)3)26(36)20(29(31)39)28(38)30(21,40)27(19)37/h4-13,17,19-22,25,33,35,40H,1-3H3,(H2,31,39)/t13-,17+,19?,20?,21+,22-,25-,30-/m0/s1. The molecule has 0 radical (unpaired) electrons. The third-order valence-corrected chi connectivity index (χ3v) is 8.78. The number of fused-ring (bicyclic) bond motifs is 3. The molecule has 8 atom stereocenters. The molecule has 5 N–H and O–H groups in total. The minimum absolute atomic E-state index is 0.137. The highest BCUT2D eigenvalue weighted by molar-refractivity contribution is 6.32. The maximum Gasteiger partial charge on any atom is 0.235 e. The second-order valence-electron chi connectivity index (χ2n) is 11.1. The van der Waals surface area contributed by atoms with Crippen molar-refractivity contribution in [2.75, 3.05) is 14.1 Å². The van der Waals surface area contributed by atoms with Crippen molar-refractivity contribution < 1.29 is 39.3 Å². The number of phenolic OH excluding ortho intramolecular Hbond substituents is 1. The fourth-order valence-corrected chi connectivity index (χ4v) is 6.89. The van der Waals surface area contributed by atoms with Crippen molar-refractivity contribution in [2.45, 2.75) is 30.6 Å². The average Bonchev–Trinajstić information content (AvgIpc) is 2.90. The van der Waals surface area contributed by atoms with Crippen LogP contribution in [0.25, 0.3) is 12.2 Å². The van der Waals surface area contributed by atoms with Crippen LogP contribution in [-0.2, 0) is 19.2 Å². The zero-order valence-corrected chi connectivity index (χ0v) is 22.1. The zero-order valence-electron chi connectivity index (χ0n) is 22.1. The lowest BCUT2D eigenvalue weighted by Crippen LogP contribution is -2.77. The zero-order chi connectivity index (χ0) is 29.3. The van der Waals surface area contributed by atoms with Gasteiger partial charge in [0.05, 0.1) is 29.5 Å². The smallest absolute Gasteiger partial charge is 0.235 e. The monoisotopic (exact) mass is 546 g/mol. The molecular formula is C30H30N2O8. The number of hydrogen-bond donors (Lipinski definition) is 4. The van der Waals surface area contributed by atoms with E-state index in [2.05, 4.69) is 0 Å². The van der Waals surface area contributed by atoms with E-state index < -0.39 is 76.4 Å². The quantitative estimate of drug-likeness (QED) is 0.316. The summed E-state index contributed by atoms with van der Waals surface area (Å²) >= 11 is 0. The molecule has 0 spiro atoms. The van der Waals surface area contributed by atoms with Crippen molar-refractivity contribution >= 4 is 41.2 Å². The number of nitrogens with zero attached hydrogens (tertiary/aromatic N) is 1. The lowest BCUT2D eigenvalue weighted by Gasteiger charge is -2.56. The summed E-state index contributed by atoms with van der Waals surface area (Å²) in [7, 11) is 2.90. The van der Waals surface area contributed by atoms with E-state index in [9.17, 15) is 39.3 Å². The highest BCUT2D eigenvalue weighted by atomic mass is 16.3. The third kappa shape index (κ3) is 3.71. The van der Waals surface area contributed by atoms with Gasteiger partial charge in [-0.2, -0.15) is 0 Å². The summed E-state index contributed by atoms with van der Waals surface area (Å²) in [5.41, 5.74) is 3.73. The van der Waals surface area contributed by atoms with E-state index in [1.54, 1.807) is 31.2 Å². The van der Waals surface area contributed by atoms with Gasteiger partial charge in [-0.15, -0.1) is 0 Å². The molecule has 2 fully saturated rings. The molecule has 3 aliphatic carbocycles. The first-order valence-corrected chi connectivity index (χ1v) is 13.0. The summed E-state index contributed by atoms with van der Waals surface area (Å²) in [6, 6.07) is 11.1. The number of benzene rings is 2. The molecule has 10 nitrogen and oxygen atoms in total. The van der Waals surface area contributed by atoms with E-state index in [-0.39, 0.29) is 11.3 Å². The first-order valence-electron chi connectivity index (χ1n) is 13.0. The minimum Gasteiger partial charge on any atom is -0.507 e. The van der Waals surface area contributed by atoms with Crippen molar-refractivity contribution in [3.63, 3.8) is 0 Å². The van der Waals surface area contributed by atoms with Crippen molar-refractivity contribution in [1.29, 1.82) is 0 Å². The summed E-state index contributed by atoms with van der Waals surface area (Å²) in [6.45, 7) is 1.67. The van der Waals surface area contributed by atoms with Crippen LogP contribution in [0.4, 0.5) is 0 Å². The van der Waals surface area contributed by atoms with Gasteiger partial charge in [-0.25, -0.2) is 0 Å². The van der Waals surface area contributed by atoms with Gasteiger partial charge in [0.25, 0.3) is 0 Å². The summed E-state index contributed by atoms with van der Waals surface area (Å²) in [5, 5.41) is 34.5. The summed E-state index contributed by atoms with van der Waals surface area (Å²) in [5.74, 6) is -13.4. The van der Waals surface area contributed by atoms with Gasteiger partial charge in [0.2, 0.25) is 5.91 Å². The number of Topliss-reactive ketones (excluding diaryl/α,β-unsaturated/α-hetero) is 4. The van der Waals surface area contributed by atoms with Gasteiger partial charge in [0.1, 0.15) is 5.75 Å². The normalized spacial score (nSPS) is 33.6. The number of primary amides is 1. The van der Waals surface area contributed by atoms with E-state index in [4.69, 9.17) is 5.73 Å². The molecule has 2 aromatic carbocycles. The summed E-state index contributed by atoms with van der Waals surface area (Å²) in [4.78, 5) is 68.0. The van der Waals surface area contributed by atoms with Gasteiger partial charge < -0.3 is 21.1 Å². The summed E-state index contributed by atoms with van der Waals surface area (Å²) in [6.07, 6.45) is 1.70. The lowest BCUT2D eigenvalue weighted by atomic mass is 9.49. The molecule has 5 rings (SSSR count). The van der Waals surface area contributed by atoms with Gasteiger partial charge in [0, 0.05) is 11.5 Å². The Hall–Kier alpha value is -3.99.